The second kappa shape index (κ2) is 5.90. The van der Waals surface area contributed by atoms with Crippen LogP contribution in [-0.2, 0) is 4.79 Å². The summed E-state index contributed by atoms with van der Waals surface area (Å²) < 4.78 is 0. The molecule has 0 heterocycles. The smallest absolute Gasteiger partial charge is 0.149 e. The van der Waals surface area contributed by atoms with Crippen LogP contribution in [0.3, 0.4) is 0 Å². The Balaban J connectivity index is 1.52. The molecule has 1 aromatic rings. The van der Waals surface area contributed by atoms with E-state index in [4.69, 9.17) is 0 Å². The molecule has 1 aromatic carbocycles. The van der Waals surface area contributed by atoms with Crippen molar-refractivity contribution in [2.75, 3.05) is 5.75 Å². The highest BCUT2D eigenvalue weighted by atomic mass is 32.2. The molecule has 0 saturated heterocycles. The Kier molecular flexibility index (Phi) is 4.10. The van der Waals surface area contributed by atoms with E-state index in [2.05, 4.69) is 33.8 Å². The minimum absolute atomic E-state index is 0.0580. The van der Waals surface area contributed by atoms with Crippen molar-refractivity contribution in [3.8, 4) is 0 Å². The fourth-order valence-corrected chi connectivity index (χ4v) is 7.48. The van der Waals surface area contributed by atoms with Crippen molar-refractivity contribution >= 4 is 17.5 Å². The number of carbonyl (C=O) groups is 1. The molecule has 2 heteroatoms. The number of Topliss-reactive ketones (excluding diaryl/α,β-unsaturated/α-hetero) is 1. The fraction of sp³-hybridized carbons (Fsp3) is 0.682. The van der Waals surface area contributed by atoms with Gasteiger partial charge in [-0.3, -0.25) is 4.79 Å². The van der Waals surface area contributed by atoms with E-state index in [1.165, 1.54) is 65.7 Å². The van der Waals surface area contributed by atoms with Crippen molar-refractivity contribution in [1.29, 1.82) is 0 Å². The maximum absolute atomic E-state index is 13.2. The maximum atomic E-state index is 13.2. The third kappa shape index (κ3) is 2.66. The van der Waals surface area contributed by atoms with Gasteiger partial charge in [-0.25, -0.2) is 0 Å². The van der Waals surface area contributed by atoms with Gasteiger partial charge >= 0.3 is 0 Å². The van der Waals surface area contributed by atoms with Gasteiger partial charge in [0.15, 0.2) is 0 Å². The summed E-state index contributed by atoms with van der Waals surface area (Å²) in [6.07, 6.45) is 7.83. The zero-order valence-corrected chi connectivity index (χ0v) is 16.4. The summed E-state index contributed by atoms with van der Waals surface area (Å²) in [6, 6.07) is 2.27. The lowest BCUT2D eigenvalue weighted by Gasteiger charge is -2.56. The second-order valence-electron chi connectivity index (χ2n) is 9.00. The molecule has 130 valence electrons. The van der Waals surface area contributed by atoms with Crippen molar-refractivity contribution < 1.29 is 4.79 Å². The lowest BCUT2D eigenvalue weighted by Crippen LogP contribution is -2.50. The van der Waals surface area contributed by atoms with Crippen LogP contribution < -0.4 is 0 Å². The first kappa shape index (κ1) is 16.7. The van der Waals surface area contributed by atoms with Gasteiger partial charge in [0.2, 0.25) is 0 Å². The number of aryl methyl sites for hydroxylation is 2. The van der Waals surface area contributed by atoms with E-state index >= 15 is 0 Å². The minimum Gasteiger partial charge on any atom is -0.298 e. The Hall–Kier alpha value is -0.760. The largest absolute Gasteiger partial charge is 0.298 e. The van der Waals surface area contributed by atoms with E-state index in [0.29, 0.717) is 11.5 Å². The van der Waals surface area contributed by atoms with Gasteiger partial charge in [-0.2, -0.15) is 0 Å². The molecule has 0 spiro atoms. The standard InChI is InChI=1S/C22H30OS/c1-13-5-14(2)16(4)21(15(13)3)24-12-20(23)22-9-17-6-18(10-22)8-19(7-17)11-22/h5,17-19H,6-12H2,1-4H3. The molecule has 0 radical (unpaired) electrons. The first-order valence-corrected chi connectivity index (χ1v) is 10.6. The molecule has 4 aliphatic rings. The van der Waals surface area contributed by atoms with Crippen LogP contribution in [0.2, 0.25) is 0 Å². The Morgan fingerprint density at radius 3 is 1.88 bits per heavy atom. The number of ketones is 1. The van der Waals surface area contributed by atoms with Gasteiger partial charge in [-0.15, -0.1) is 11.8 Å². The highest BCUT2D eigenvalue weighted by Crippen LogP contribution is 2.60. The first-order chi connectivity index (χ1) is 11.4. The first-order valence-electron chi connectivity index (χ1n) is 9.61. The van der Waals surface area contributed by atoms with Crippen molar-refractivity contribution in [1.82, 2.24) is 0 Å². The van der Waals surface area contributed by atoms with Crippen LogP contribution in [0.5, 0.6) is 0 Å². The third-order valence-electron chi connectivity index (χ3n) is 7.27. The number of thioether (sulfide) groups is 1. The second-order valence-corrected chi connectivity index (χ2v) is 9.98. The summed E-state index contributed by atoms with van der Waals surface area (Å²) in [6.45, 7) is 8.79. The monoisotopic (exact) mass is 342 g/mol. The molecule has 4 bridgehead atoms. The molecule has 0 atom stereocenters. The number of hydrogen-bond donors (Lipinski definition) is 0. The zero-order valence-electron chi connectivity index (χ0n) is 15.6. The molecular formula is C22H30OS. The van der Waals surface area contributed by atoms with Crippen molar-refractivity contribution in [2.24, 2.45) is 23.2 Å². The molecule has 24 heavy (non-hydrogen) atoms. The molecule has 0 N–H and O–H groups in total. The van der Waals surface area contributed by atoms with Crippen LogP contribution in [0.15, 0.2) is 11.0 Å². The molecule has 0 unspecified atom stereocenters. The summed E-state index contributed by atoms with van der Waals surface area (Å²) >= 11 is 1.81. The minimum atomic E-state index is 0.0580. The Bertz CT molecular complexity index is 626. The molecule has 4 saturated carbocycles. The summed E-state index contributed by atoms with van der Waals surface area (Å²) in [7, 11) is 0. The average molecular weight is 343 g/mol. The average Bonchev–Trinajstić information content (AvgIpc) is 2.51. The normalized spacial score (nSPS) is 33.9. The molecule has 0 aromatic heterocycles. The molecule has 0 amide bonds. The van der Waals surface area contributed by atoms with Gasteiger partial charge in [0.25, 0.3) is 0 Å². The zero-order chi connectivity index (χ0) is 17.1. The van der Waals surface area contributed by atoms with Gasteiger partial charge in [-0.05, 0) is 106 Å². The van der Waals surface area contributed by atoms with Crippen LogP contribution >= 0.6 is 11.8 Å². The quantitative estimate of drug-likeness (QED) is 0.643. The predicted molar refractivity (Wildman–Crippen MR) is 102 cm³/mol. The van der Waals surface area contributed by atoms with Crippen LogP contribution in [0.4, 0.5) is 0 Å². The van der Waals surface area contributed by atoms with Crippen molar-refractivity contribution in [2.45, 2.75) is 71.1 Å². The van der Waals surface area contributed by atoms with Crippen LogP contribution in [0.1, 0.15) is 60.8 Å². The van der Waals surface area contributed by atoms with Crippen LogP contribution in [0.25, 0.3) is 0 Å². The van der Waals surface area contributed by atoms with E-state index < -0.39 is 0 Å². The maximum Gasteiger partial charge on any atom is 0.149 e. The SMILES string of the molecule is Cc1cc(C)c(C)c(SCC(=O)C23CC4CC(CC(C4)C2)C3)c1C. The Morgan fingerprint density at radius 1 is 0.958 bits per heavy atom. The highest BCUT2D eigenvalue weighted by molar-refractivity contribution is 8.00. The fourth-order valence-electron chi connectivity index (χ4n) is 6.14. The summed E-state index contributed by atoms with van der Waals surface area (Å²) in [5.74, 6) is 3.81. The van der Waals surface area contributed by atoms with E-state index in [9.17, 15) is 4.79 Å². The third-order valence-corrected chi connectivity index (χ3v) is 8.58. The molecule has 1 nitrogen and oxygen atoms in total. The van der Waals surface area contributed by atoms with Gasteiger partial charge in [0, 0.05) is 10.3 Å². The van der Waals surface area contributed by atoms with Crippen LogP contribution in [0, 0.1) is 50.9 Å². The predicted octanol–water partition coefficient (Wildman–Crippen LogP) is 5.80. The number of hydrogen-bond acceptors (Lipinski definition) is 2. The summed E-state index contributed by atoms with van der Waals surface area (Å²) in [5.41, 5.74) is 5.48. The number of rotatable bonds is 4. The summed E-state index contributed by atoms with van der Waals surface area (Å²) in [4.78, 5) is 14.6. The number of benzene rings is 1. The number of carbonyl (C=O) groups excluding carboxylic acids is 1. The molecule has 4 aliphatic carbocycles. The van der Waals surface area contributed by atoms with Gasteiger partial charge < -0.3 is 0 Å². The molecular weight excluding hydrogens is 312 g/mol. The molecule has 5 rings (SSSR count). The Labute approximate surface area is 151 Å². The van der Waals surface area contributed by atoms with Crippen molar-refractivity contribution in [3.05, 3.63) is 28.3 Å². The lowest BCUT2D eigenvalue weighted by atomic mass is 9.48. The van der Waals surface area contributed by atoms with Gasteiger partial charge in [0.1, 0.15) is 5.78 Å². The highest BCUT2D eigenvalue weighted by Gasteiger charge is 2.54. The topological polar surface area (TPSA) is 17.1 Å². The molecule has 0 aliphatic heterocycles. The van der Waals surface area contributed by atoms with E-state index in [-0.39, 0.29) is 5.41 Å². The van der Waals surface area contributed by atoms with Crippen molar-refractivity contribution in [3.63, 3.8) is 0 Å². The van der Waals surface area contributed by atoms with E-state index in [1.54, 1.807) is 0 Å². The lowest BCUT2D eigenvalue weighted by molar-refractivity contribution is -0.141. The van der Waals surface area contributed by atoms with E-state index in [0.717, 1.165) is 17.8 Å². The van der Waals surface area contributed by atoms with Crippen LogP contribution in [-0.4, -0.2) is 11.5 Å². The van der Waals surface area contributed by atoms with Gasteiger partial charge in [0.05, 0.1) is 5.75 Å². The summed E-state index contributed by atoms with van der Waals surface area (Å²) in [5, 5.41) is 0. The molecule has 4 fully saturated rings. The van der Waals surface area contributed by atoms with Gasteiger partial charge in [-0.1, -0.05) is 6.07 Å². The Morgan fingerprint density at radius 2 is 1.42 bits per heavy atom. The van der Waals surface area contributed by atoms with E-state index in [1.807, 2.05) is 11.8 Å².